The quantitative estimate of drug-likeness (QED) is 0.946. The van der Waals surface area contributed by atoms with Crippen LogP contribution in [0.25, 0.3) is 0 Å². The van der Waals surface area contributed by atoms with Gasteiger partial charge in [-0.1, -0.05) is 30.3 Å². The third kappa shape index (κ3) is 2.67. The van der Waals surface area contributed by atoms with Gasteiger partial charge in [0.25, 0.3) is 0 Å². The molecule has 2 aromatic rings. The van der Waals surface area contributed by atoms with E-state index in [9.17, 15) is 9.59 Å². The minimum atomic E-state index is -0.395. The summed E-state index contributed by atoms with van der Waals surface area (Å²) in [4.78, 5) is 30.2. The van der Waals surface area contributed by atoms with Gasteiger partial charge in [-0.05, 0) is 5.56 Å². The van der Waals surface area contributed by atoms with Crippen LogP contribution >= 0.6 is 11.3 Å². The average Bonchev–Trinajstić information content (AvgIpc) is 3.09. The van der Waals surface area contributed by atoms with E-state index in [0.717, 1.165) is 5.56 Å². The van der Waals surface area contributed by atoms with Crippen LogP contribution in [0.5, 0.6) is 0 Å². The predicted octanol–water partition coefficient (Wildman–Crippen LogP) is 2.30. The van der Waals surface area contributed by atoms with Crippen molar-refractivity contribution in [2.75, 3.05) is 12.4 Å². The number of thiazole rings is 1. The molecule has 1 aromatic carbocycles. The maximum atomic E-state index is 12.5. The first-order valence-electron chi connectivity index (χ1n) is 6.68. The highest BCUT2D eigenvalue weighted by atomic mass is 32.1. The van der Waals surface area contributed by atoms with Crippen LogP contribution < -0.4 is 5.32 Å². The predicted molar refractivity (Wildman–Crippen MR) is 80.8 cm³/mol. The number of aromatic nitrogens is 1. The topological polar surface area (TPSA) is 62.3 Å². The van der Waals surface area contributed by atoms with Crippen molar-refractivity contribution in [1.82, 2.24) is 9.88 Å². The zero-order valence-electron chi connectivity index (χ0n) is 11.5. The van der Waals surface area contributed by atoms with Crippen molar-refractivity contribution in [2.24, 2.45) is 5.92 Å². The largest absolute Gasteiger partial charge is 0.338 e. The molecule has 0 spiro atoms. The smallest absolute Gasteiger partial charge is 0.232 e. The molecule has 3 rings (SSSR count). The van der Waals surface area contributed by atoms with E-state index in [1.54, 1.807) is 23.5 Å². The molecule has 6 heteroatoms. The minimum absolute atomic E-state index is 0.0110. The number of carbonyl (C=O) groups is 2. The van der Waals surface area contributed by atoms with Gasteiger partial charge >= 0.3 is 0 Å². The first-order chi connectivity index (χ1) is 10.2. The van der Waals surface area contributed by atoms with Crippen molar-refractivity contribution in [3.8, 4) is 0 Å². The van der Waals surface area contributed by atoms with Gasteiger partial charge in [0.05, 0.1) is 12.0 Å². The Balaban J connectivity index is 1.85. The molecule has 2 atom stereocenters. The lowest BCUT2D eigenvalue weighted by Gasteiger charge is -2.24. The van der Waals surface area contributed by atoms with E-state index in [4.69, 9.17) is 0 Å². The Morgan fingerprint density at radius 1 is 1.38 bits per heavy atom. The summed E-state index contributed by atoms with van der Waals surface area (Å²) in [7, 11) is 1.75. The van der Waals surface area contributed by atoms with Gasteiger partial charge in [-0.2, -0.15) is 0 Å². The summed E-state index contributed by atoms with van der Waals surface area (Å²) in [5.41, 5.74) is 0.977. The number of nitrogens with zero attached hydrogens (tertiary/aromatic N) is 2. The SMILES string of the molecule is CN1C(=O)C[C@@H](C(=O)Nc2nccs2)[C@H]1c1ccccc1. The molecule has 21 heavy (non-hydrogen) atoms. The van der Waals surface area contributed by atoms with E-state index in [-0.39, 0.29) is 24.3 Å². The molecule has 2 heterocycles. The van der Waals surface area contributed by atoms with E-state index in [2.05, 4.69) is 10.3 Å². The molecule has 1 N–H and O–H groups in total. The number of nitrogens with one attached hydrogen (secondary N) is 1. The van der Waals surface area contributed by atoms with E-state index in [0.29, 0.717) is 5.13 Å². The molecule has 0 saturated carbocycles. The maximum Gasteiger partial charge on any atom is 0.232 e. The molecule has 1 aromatic heterocycles. The molecular formula is C15H15N3O2S. The molecule has 2 amide bonds. The molecule has 0 bridgehead atoms. The number of hydrogen-bond acceptors (Lipinski definition) is 4. The van der Waals surface area contributed by atoms with Crippen LogP contribution in [-0.4, -0.2) is 28.7 Å². The Morgan fingerprint density at radius 3 is 2.81 bits per heavy atom. The van der Waals surface area contributed by atoms with Crippen LogP contribution in [0.1, 0.15) is 18.0 Å². The third-order valence-corrected chi connectivity index (χ3v) is 4.42. The summed E-state index contributed by atoms with van der Waals surface area (Å²) in [5.74, 6) is -0.562. The van der Waals surface area contributed by atoms with E-state index >= 15 is 0 Å². The zero-order valence-corrected chi connectivity index (χ0v) is 12.3. The third-order valence-electron chi connectivity index (χ3n) is 3.73. The van der Waals surface area contributed by atoms with Crippen LogP contribution in [0.2, 0.25) is 0 Å². The molecule has 0 unspecified atom stereocenters. The van der Waals surface area contributed by atoms with Crippen molar-refractivity contribution in [2.45, 2.75) is 12.5 Å². The lowest BCUT2D eigenvalue weighted by molar-refractivity contribution is -0.127. The fourth-order valence-corrected chi connectivity index (χ4v) is 3.23. The van der Waals surface area contributed by atoms with Gasteiger partial charge in [-0.25, -0.2) is 4.98 Å². The summed E-state index contributed by atoms with van der Waals surface area (Å²) in [6.45, 7) is 0. The van der Waals surface area contributed by atoms with Gasteiger partial charge in [-0.3, -0.25) is 9.59 Å². The highest BCUT2D eigenvalue weighted by Crippen LogP contribution is 2.37. The summed E-state index contributed by atoms with van der Waals surface area (Å²) >= 11 is 1.37. The Hall–Kier alpha value is -2.21. The van der Waals surface area contributed by atoms with Crippen molar-refractivity contribution in [1.29, 1.82) is 0 Å². The van der Waals surface area contributed by atoms with Gasteiger partial charge in [0.15, 0.2) is 5.13 Å². The first kappa shape index (κ1) is 13.8. The number of anilines is 1. The highest BCUT2D eigenvalue weighted by molar-refractivity contribution is 7.13. The molecule has 0 radical (unpaired) electrons. The van der Waals surface area contributed by atoms with Crippen LogP contribution in [0.4, 0.5) is 5.13 Å². The lowest BCUT2D eigenvalue weighted by atomic mass is 9.93. The van der Waals surface area contributed by atoms with Crippen LogP contribution in [-0.2, 0) is 9.59 Å². The number of benzene rings is 1. The molecule has 5 nitrogen and oxygen atoms in total. The van der Waals surface area contributed by atoms with Crippen LogP contribution in [0, 0.1) is 5.92 Å². The van der Waals surface area contributed by atoms with Gasteiger partial charge < -0.3 is 10.2 Å². The minimum Gasteiger partial charge on any atom is -0.338 e. The number of carbonyl (C=O) groups excluding carboxylic acids is 2. The van der Waals surface area contributed by atoms with Gasteiger partial charge in [-0.15, -0.1) is 11.3 Å². The monoisotopic (exact) mass is 301 g/mol. The van der Waals surface area contributed by atoms with Crippen LogP contribution in [0.3, 0.4) is 0 Å². The molecule has 1 fully saturated rings. The van der Waals surface area contributed by atoms with Crippen LogP contribution in [0.15, 0.2) is 41.9 Å². The molecular weight excluding hydrogens is 286 g/mol. The van der Waals surface area contributed by atoms with Crippen molar-refractivity contribution in [3.05, 3.63) is 47.5 Å². The number of likely N-dealkylation sites (tertiary alicyclic amines) is 1. The Morgan fingerprint density at radius 2 is 2.14 bits per heavy atom. The summed E-state index contributed by atoms with van der Waals surface area (Å²) < 4.78 is 0. The number of amides is 2. The Bertz CT molecular complexity index is 642. The van der Waals surface area contributed by atoms with Gasteiger partial charge in [0, 0.05) is 25.0 Å². The second-order valence-electron chi connectivity index (χ2n) is 5.00. The fourth-order valence-electron chi connectivity index (χ4n) is 2.69. The van der Waals surface area contributed by atoms with Crippen molar-refractivity contribution in [3.63, 3.8) is 0 Å². The van der Waals surface area contributed by atoms with E-state index < -0.39 is 5.92 Å². The second-order valence-corrected chi connectivity index (χ2v) is 5.89. The van der Waals surface area contributed by atoms with Crippen molar-refractivity contribution >= 4 is 28.3 Å². The summed E-state index contributed by atoms with van der Waals surface area (Å²) in [5, 5.41) is 5.16. The Labute approximate surface area is 126 Å². The fraction of sp³-hybridized carbons (Fsp3) is 0.267. The first-order valence-corrected chi connectivity index (χ1v) is 7.56. The summed E-state index contributed by atoms with van der Waals surface area (Å²) in [6, 6.07) is 9.43. The standard InChI is InChI=1S/C15H15N3O2S/c1-18-12(19)9-11(13(18)10-5-3-2-4-6-10)14(20)17-15-16-7-8-21-15/h2-8,11,13H,9H2,1H3,(H,16,17,20)/t11-,13-/m1/s1. The molecule has 0 aliphatic carbocycles. The molecule has 108 valence electrons. The van der Waals surface area contributed by atoms with E-state index in [1.165, 1.54) is 11.3 Å². The molecule has 1 aliphatic rings. The maximum absolute atomic E-state index is 12.5. The Kier molecular flexibility index (Phi) is 3.70. The highest BCUT2D eigenvalue weighted by Gasteiger charge is 2.42. The summed E-state index contributed by atoms with van der Waals surface area (Å²) in [6.07, 6.45) is 1.87. The second kappa shape index (κ2) is 5.65. The van der Waals surface area contributed by atoms with Gasteiger partial charge in [0.1, 0.15) is 0 Å². The van der Waals surface area contributed by atoms with Gasteiger partial charge in [0.2, 0.25) is 11.8 Å². The zero-order chi connectivity index (χ0) is 14.8. The molecule has 1 saturated heterocycles. The average molecular weight is 301 g/mol. The lowest BCUT2D eigenvalue weighted by Crippen LogP contribution is -2.29. The molecule has 1 aliphatic heterocycles. The number of rotatable bonds is 3. The number of hydrogen-bond donors (Lipinski definition) is 1. The van der Waals surface area contributed by atoms with Crippen molar-refractivity contribution < 1.29 is 9.59 Å². The van der Waals surface area contributed by atoms with E-state index in [1.807, 2.05) is 30.3 Å². The normalized spacial score (nSPS) is 21.6.